The molecular weight excluding hydrogens is 475 g/mol. The Balaban J connectivity index is 0.00000364. The molecule has 3 N–H and O–H groups in total. The van der Waals surface area contributed by atoms with Crippen molar-refractivity contribution in [2.24, 2.45) is 10.4 Å². The average molecular weight is 508 g/mol. The van der Waals surface area contributed by atoms with Crippen LogP contribution < -0.4 is 15.4 Å². The fourth-order valence-electron chi connectivity index (χ4n) is 3.50. The van der Waals surface area contributed by atoms with Crippen molar-refractivity contribution < 1.29 is 8.42 Å². The second kappa shape index (κ2) is 11.2. The SMILES string of the molecule is CCC1(CNC(=NC)NCc2ccc(CS(=O)(=O)NC)cc2)CCCC1.I. The van der Waals surface area contributed by atoms with E-state index in [9.17, 15) is 8.42 Å². The minimum Gasteiger partial charge on any atom is -0.356 e. The first-order valence-electron chi connectivity index (χ1n) is 9.35. The van der Waals surface area contributed by atoms with Crippen LogP contribution in [0.4, 0.5) is 0 Å². The highest BCUT2D eigenvalue weighted by Crippen LogP contribution is 2.40. The average Bonchev–Trinajstić information content (AvgIpc) is 3.12. The molecule has 0 bridgehead atoms. The standard InChI is InChI=1S/C19H32N4O2S.HI/c1-4-19(11-5-6-12-19)15-23-18(20-2)22-13-16-7-9-17(10-8-16)14-26(24,25)21-3;/h7-10,21H,4-6,11-15H2,1-3H3,(H2,20,22,23);1H. The largest absolute Gasteiger partial charge is 0.356 e. The van der Waals surface area contributed by atoms with E-state index in [0.717, 1.165) is 23.6 Å². The van der Waals surface area contributed by atoms with Gasteiger partial charge in [0.05, 0.1) is 5.75 Å². The second-order valence-electron chi connectivity index (χ2n) is 7.12. The van der Waals surface area contributed by atoms with Gasteiger partial charge >= 0.3 is 0 Å². The number of nitrogens with one attached hydrogen (secondary N) is 3. The van der Waals surface area contributed by atoms with Crippen molar-refractivity contribution in [2.45, 2.75) is 51.3 Å². The number of guanidine groups is 1. The number of halogens is 1. The Morgan fingerprint density at radius 2 is 1.70 bits per heavy atom. The monoisotopic (exact) mass is 508 g/mol. The van der Waals surface area contributed by atoms with Crippen LogP contribution in [0.1, 0.15) is 50.2 Å². The van der Waals surface area contributed by atoms with Crippen LogP contribution in [0.5, 0.6) is 0 Å². The summed E-state index contributed by atoms with van der Waals surface area (Å²) in [5.74, 6) is 0.811. The first kappa shape index (κ1) is 24.2. The molecule has 8 heteroatoms. The maximum absolute atomic E-state index is 11.6. The lowest BCUT2D eigenvalue weighted by molar-refractivity contribution is 0.283. The zero-order valence-corrected chi connectivity index (χ0v) is 19.7. The van der Waals surface area contributed by atoms with Crippen molar-refractivity contribution in [2.75, 3.05) is 20.6 Å². The van der Waals surface area contributed by atoms with E-state index in [1.165, 1.54) is 39.2 Å². The Hall–Kier alpha value is -0.870. The summed E-state index contributed by atoms with van der Waals surface area (Å²) in [6.45, 7) is 3.89. The van der Waals surface area contributed by atoms with Gasteiger partial charge in [-0.25, -0.2) is 13.1 Å². The number of rotatable bonds is 8. The number of aliphatic imine (C=N–C) groups is 1. The van der Waals surface area contributed by atoms with Gasteiger partial charge in [-0.15, -0.1) is 24.0 Å². The third kappa shape index (κ3) is 7.57. The molecule has 1 aromatic rings. The van der Waals surface area contributed by atoms with Gasteiger partial charge in [0.15, 0.2) is 5.96 Å². The molecule has 0 atom stereocenters. The van der Waals surface area contributed by atoms with Gasteiger partial charge in [-0.05, 0) is 42.9 Å². The topological polar surface area (TPSA) is 82.6 Å². The van der Waals surface area contributed by atoms with Gasteiger partial charge in [0.25, 0.3) is 0 Å². The molecule has 1 fully saturated rings. The van der Waals surface area contributed by atoms with Gasteiger partial charge in [-0.2, -0.15) is 0 Å². The Morgan fingerprint density at radius 3 is 2.22 bits per heavy atom. The smallest absolute Gasteiger partial charge is 0.215 e. The molecule has 1 saturated carbocycles. The molecule has 27 heavy (non-hydrogen) atoms. The van der Waals surface area contributed by atoms with Gasteiger partial charge < -0.3 is 10.6 Å². The second-order valence-corrected chi connectivity index (χ2v) is 9.05. The first-order chi connectivity index (χ1) is 12.4. The summed E-state index contributed by atoms with van der Waals surface area (Å²) in [7, 11) is -0.0167. The third-order valence-electron chi connectivity index (χ3n) is 5.42. The number of benzene rings is 1. The summed E-state index contributed by atoms with van der Waals surface area (Å²) in [5, 5.41) is 6.81. The summed E-state index contributed by atoms with van der Waals surface area (Å²) < 4.78 is 25.5. The van der Waals surface area contributed by atoms with E-state index in [0.29, 0.717) is 12.0 Å². The van der Waals surface area contributed by atoms with E-state index in [1.807, 2.05) is 24.3 Å². The van der Waals surface area contributed by atoms with Crippen LogP contribution in [0.15, 0.2) is 29.3 Å². The molecule has 0 saturated heterocycles. The fourth-order valence-corrected chi connectivity index (χ4v) is 4.28. The zero-order valence-electron chi connectivity index (χ0n) is 16.5. The first-order valence-corrected chi connectivity index (χ1v) is 11.0. The molecule has 0 aromatic heterocycles. The summed E-state index contributed by atoms with van der Waals surface area (Å²) in [5.41, 5.74) is 2.28. The van der Waals surface area contributed by atoms with E-state index in [-0.39, 0.29) is 29.7 Å². The normalized spacial score (nSPS) is 16.6. The summed E-state index contributed by atoms with van der Waals surface area (Å²) >= 11 is 0. The molecule has 154 valence electrons. The van der Waals surface area contributed by atoms with E-state index < -0.39 is 10.0 Å². The molecule has 2 rings (SSSR count). The molecule has 1 aliphatic carbocycles. The fraction of sp³-hybridized carbons (Fsp3) is 0.632. The van der Waals surface area contributed by atoms with E-state index in [2.05, 4.69) is 27.3 Å². The van der Waals surface area contributed by atoms with Crippen LogP contribution in [0.3, 0.4) is 0 Å². The number of nitrogens with zero attached hydrogens (tertiary/aromatic N) is 1. The molecule has 0 aliphatic heterocycles. The molecule has 0 heterocycles. The lowest BCUT2D eigenvalue weighted by atomic mass is 9.83. The lowest BCUT2D eigenvalue weighted by Gasteiger charge is -2.28. The molecule has 0 amide bonds. The predicted molar refractivity (Wildman–Crippen MR) is 123 cm³/mol. The Kier molecular flexibility index (Phi) is 10.0. The van der Waals surface area contributed by atoms with Crippen molar-refractivity contribution in [3.63, 3.8) is 0 Å². The van der Waals surface area contributed by atoms with Crippen molar-refractivity contribution in [3.8, 4) is 0 Å². The van der Waals surface area contributed by atoms with E-state index >= 15 is 0 Å². The number of sulfonamides is 1. The van der Waals surface area contributed by atoms with Crippen LogP contribution in [-0.2, 0) is 22.3 Å². The minimum absolute atomic E-state index is 0. The summed E-state index contributed by atoms with van der Waals surface area (Å²) in [4.78, 5) is 4.31. The highest BCUT2D eigenvalue weighted by Gasteiger charge is 2.31. The van der Waals surface area contributed by atoms with Crippen molar-refractivity contribution in [3.05, 3.63) is 35.4 Å². The van der Waals surface area contributed by atoms with Gasteiger partial charge in [0, 0.05) is 20.1 Å². The maximum Gasteiger partial charge on any atom is 0.215 e. The maximum atomic E-state index is 11.6. The Labute approximate surface area is 181 Å². The molecule has 1 aromatic carbocycles. The lowest BCUT2D eigenvalue weighted by Crippen LogP contribution is -2.42. The molecule has 0 unspecified atom stereocenters. The Morgan fingerprint density at radius 1 is 1.11 bits per heavy atom. The third-order valence-corrected chi connectivity index (χ3v) is 6.75. The molecule has 0 spiro atoms. The quantitative estimate of drug-likeness (QED) is 0.287. The van der Waals surface area contributed by atoms with Crippen molar-refractivity contribution in [1.29, 1.82) is 0 Å². The number of hydrogen-bond donors (Lipinski definition) is 3. The predicted octanol–water partition coefficient (Wildman–Crippen LogP) is 2.99. The highest BCUT2D eigenvalue weighted by atomic mass is 127. The highest BCUT2D eigenvalue weighted by molar-refractivity contribution is 14.0. The molecule has 1 aliphatic rings. The summed E-state index contributed by atoms with van der Waals surface area (Å²) in [6, 6.07) is 7.61. The van der Waals surface area contributed by atoms with Crippen LogP contribution in [0.2, 0.25) is 0 Å². The molecule has 6 nitrogen and oxygen atoms in total. The van der Waals surface area contributed by atoms with Crippen molar-refractivity contribution in [1.82, 2.24) is 15.4 Å². The van der Waals surface area contributed by atoms with Crippen LogP contribution in [0, 0.1) is 5.41 Å². The van der Waals surface area contributed by atoms with Gasteiger partial charge in [-0.3, -0.25) is 4.99 Å². The van der Waals surface area contributed by atoms with Crippen LogP contribution in [-0.4, -0.2) is 35.0 Å². The van der Waals surface area contributed by atoms with Crippen LogP contribution >= 0.6 is 24.0 Å². The zero-order chi connectivity index (χ0) is 19.0. The van der Waals surface area contributed by atoms with Crippen LogP contribution in [0.25, 0.3) is 0 Å². The van der Waals surface area contributed by atoms with Crippen molar-refractivity contribution >= 4 is 40.0 Å². The number of hydrogen-bond acceptors (Lipinski definition) is 3. The van der Waals surface area contributed by atoms with Gasteiger partial charge in [-0.1, -0.05) is 44.0 Å². The van der Waals surface area contributed by atoms with E-state index in [4.69, 9.17) is 0 Å². The Bertz CT molecular complexity index is 699. The molecule has 0 radical (unpaired) electrons. The van der Waals surface area contributed by atoms with Gasteiger partial charge in [0.1, 0.15) is 0 Å². The van der Waals surface area contributed by atoms with Gasteiger partial charge in [0.2, 0.25) is 10.0 Å². The molecular formula is C19H33IN4O2S. The summed E-state index contributed by atoms with van der Waals surface area (Å²) in [6.07, 6.45) is 6.46. The minimum atomic E-state index is -3.23. The van der Waals surface area contributed by atoms with E-state index in [1.54, 1.807) is 7.05 Å².